The van der Waals surface area contributed by atoms with Gasteiger partial charge in [0.15, 0.2) is 0 Å². The lowest BCUT2D eigenvalue weighted by Gasteiger charge is -2.15. The van der Waals surface area contributed by atoms with E-state index < -0.39 is 0 Å². The van der Waals surface area contributed by atoms with Crippen LogP contribution in [0.5, 0.6) is 5.75 Å². The Hall–Kier alpha value is -0.730. The third kappa shape index (κ3) is 3.62. The number of halogens is 1. The van der Waals surface area contributed by atoms with Crippen molar-refractivity contribution in [3.63, 3.8) is 0 Å². The van der Waals surface area contributed by atoms with Crippen LogP contribution in [-0.4, -0.2) is 31.1 Å². The summed E-state index contributed by atoms with van der Waals surface area (Å²) in [7, 11) is 0. The van der Waals surface area contributed by atoms with Gasteiger partial charge in [0, 0.05) is 12.4 Å². The minimum absolute atomic E-state index is 0.569. The van der Waals surface area contributed by atoms with E-state index in [-0.39, 0.29) is 0 Å². The summed E-state index contributed by atoms with van der Waals surface area (Å²) in [6, 6.07) is 6.13. The quantitative estimate of drug-likeness (QED) is 0.748. The van der Waals surface area contributed by atoms with E-state index >= 15 is 0 Å². The monoisotopic (exact) mass is 253 g/mol. The Morgan fingerprint density at radius 3 is 2.71 bits per heavy atom. The molecule has 3 heteroatoms. The topological polar surface area (TPSA) is 12.5 Å². The van der Waals surface area contributed by atoms with Crippen LogP contribution < -0.4 is 4.74 Å². The van der Waals surface area contributed by atoms with Gasteiger partial charge in [0.1, 0.15) is 12.4 Å². The molecule has 1 saturated heterocycles. The summed E-state index contributed by atoms with van der Waals surface area (Å²) in [4.78, 5) is 2.46. The van der Waals surface area contributed by atoms with Gasteiger partial charge < -0.3 is 4.74 Å². The zero-order chi connectivity index (χ0) is 12.1. The van der Waals surface area contributed by atoms with Crippen molar-refractivity contribution in [3.05, 3.63) is 29.3 Å². The molecule has 0 unspecified atom stereocenters. The van der Waals surface area contributed by atoms with Gasteiger partial charge in [-0.15, -0.1) is 11.6 Å². The molecular weight excluding hydrogens is 234 g/mol. The summed E-state index contributed by atoms with van der Waals surface area (Å²) in [5.74, 6) is 1.52. The fourth-order valence-electron chi connectivity index (χ4n) is 2.21. The summed E-state index contributed by atoms with van der Waals surface area (Å²) in [6.45, 7) is 6.35. The van der Waals surface area contributed by atoms with Gasteiger partial charge in [0.05, 0.1) is 0 Å². The molecule has 94 valence electrons. The number of nitrogens with zero attached hydrogens (tertiary/aromatic N) is 1. The molecule has 1 heterocycles. The normalized spacial score (nSPS) is 16.4. The van der Waals surface area contributed by atoms with Crippen molar-refractivity contribution in [2.24, 2.45) is 0 Å². The van der Waals surface area contributed by atoms with Gasteiger partial charge in [-0.1, -0.05) is 6.07 Å². The summed E-state index contributed by atoms with van der Waals surface area (Å²) < 4.78 is 5.76. The Bertz CT molecular complexity index is 361. The van der Waals surface area contributed by atoms with E-state index in [9.17, 15) is 0 Å². The summed E-state index contributed by atoms with van der Waals surface area (Å²) in [5, 5.41) is 0. The van der Waals surface area contributed by atoms with Crippen molar-refractivity contribution < 1.29 is 4.74 Å². The van der Waals surface area contributed by atoms with Crippen LogP contribution in [0.25, 0.3) is 0 Å². The average Bonchev–Trinajstić information content (AvgIpc) is 2.82. The predicted octanol–water partition coefficient (Wildman–Crippen LogP) is 3.21. The number of hydrogen-bond acceptors (Lipinski definition) is 2. The average molecular weight is 254 g/mol. The highest BCUT2D eigenvalue weighted by Crippen LogP contribution is 2.18. The Morgan fingerprint density at radius 2 is 2.06 bits per heavy atom. The molecular formula is C14H20ClNO. The van der Waals surface area contributed by atoms with Crippen molar-refractivity contribution in [2.75, 3.05) is 26.2 Å². The first-order valence-electron chi connectivity index (χ1n) is 6.30. The van der Waals surface area contributed by atoms with Crippen LogP contribution in [0.4, 0.5) is 0 Å². The molecule has 1 aromatic carbocycles. The molecule has 1 fully saturated rings. The molecule has 0 aliphatic carbocycles. The first-order valence-corrected chi connectivity index (χ1v) is 6.83. The standard InChI is InChI=1S/C14H20ClNO/c1-12-10-14(5-4-13(12)11-15)17-9-8-16-6-2-3-7-16/h4-5,10H,2-3,6-9,11H2,1H3. The molecule has 0 saturated carbocycles. The highest BCUT2D eigenvalue weighted by atomic mass is 35.5. The lowest BCUT2D eigenvalue weighted by atomic mass is 10.1. The molecule has 0 N–H and O–H groups in total. The minimum Gasteiger partial charge on any atom is -0.492 e. The van der Waals surface area contributed by atoms with Gasteiger partial charge in [0.2, 0.25) is 0 Å². The van der Waals surface area contributed by atoms with Crippen molar-refractivity contribution in [1.82, 2.24) is 4.90 Å². The number of hydrogen-bond donors (Lipinski definition) is 0. The van der Waals surface area contributed by atoms with E-state index in [1.807, 2.05) is 12.1 Å². The van der Waals surface area contributed by atoms with Crippen LogP contribution in [0.2, 0.25) is 0 Å². The zero-order valence-corrected chi connectivity index (χ0v) is 11.2. The first-order chi connectivity index (χ1) is 8.29. The van der Waals surface area contributed by atoms with Crippen LogP contribution >= 0.6 is 11.6 Å². The van der Waals surface area contributed by atoms with Gasteiger partial charge in [-0.2, -0.15) is 0 Å². The second-order valence-electron chi connectivity index (χ2n) is 4.62. The van der Waals surface area contributed by atoms with E-state index in [0.717, 1.165) is 18.9 Å². The van der Waals surface area contributed by atoms with Crippen LogP contribution in [0.1, 0.15) is 24.0 Å². The second-order valence-corrected chi connectivity index (χ2v) is 4.89. The number of aryl methyl sites for hydroxylation is 1. The fraction of sp³-hybridized carbons (Fsp3) is 0.571. The van der Waals surface area contributed by atoms with E-state index in [0.29, 0.717) is 5.88 Å². The van der Waals surface area contributed by atoms with E-state index in [2.05, 4.69) is 17.9 Å². The Labute approximate surface area is 109 Å². The molecule has 0 aromatic heterocycles. The van der Waals surface area contributed by atoms with Crippen molar-refractivity contribution in [1.29, 1.82) is 0 Å². The van der Waals surface area contributed by atoms with Crippen LogP contribution in [0.3, 0.4) is 0 Å². The Morgan fingerprint density at radius 1 is 1.29 bits per heavy atom. The maximum absolute atomic E-state index is 5.83. The minimum atomic E-state index is 0.569. The second kappa shape index (κ2) is 6.27. The maximum atomic E-state index is 5.83. The number of rotatable bonds is 5. The van der Waals surface area contributed by atoms with Gasteiger partial charge in [-0.05, 0) is 56.1 Å². The van der Waals surface area contributed by atoms with Crippen LogP contribution in [-0.2, 0) is 5.88 Å². The molecule has 0 spiro atoms. The molecule has 1 aromatic rings. The molecule has 2 rings (SSSR count). The van der Waals surface area contributed by atoms with Crippen molar-refractivity contribution >= 4 is 11.6 Å². The number of likely N-dealkylation sites (tertiary alicyclic amines) is 1. The molecule has 0 radical (unpaired) electrons. The molecule has 2 nitrogen and oxygen atoms in total. The molecule has 1 aliphatic rings. The van der Waals surface area contributed by atoms with Gasteiger partial charge in [-0.25, -0.2) is 0 Å². The lowest BCUT2D eigenvalue weighted by Crippen LogP contribution is -2.25. The number of benzene rings is 1. The third-order valence-corrected chi connectivity index (χ3v) is 3.62. The summed E-state index contributed by atoms with van der Waals surface area (Å²) in [6.07, 6.45) is 2.67. The van der Waals surface area contributed by atoms with E-state index in [1.165, 1.54) is 37.1 Å². The third-order valence-electron chi connectivity index (χ3n) is 3.33. The largest absolute Gasteiger partial charge is 0.492 e. The smallest absolute Gasteiger partial charge is 0.119 e. The zero-order valence-electron chi connectivity index (χ0n) is 10.4. The molecule has 0 bridgehead atoms. The lowest BCUT2D eigenvalue weighted by molar-refractivity contribution is 0.237. The van der Waals surface area contributed by atoms with Crippen molar-refractivity contribution in [3.8, 4) is 5.75 Å². The Balaban J connectivity index is 1.80. The van der Waals surface area contributed by atoms with Gasteiger partial charge in [-0.3, -0.25) is 4.90 Å². The highest BCUT2D eigenvalue weighted by molar-refractivity contribution is 6.17. The van der Waals surface area contributed by atoms with Gasteiger partial charge in [0.25, 0.3) is 0 Å². The summed E-state index contributed by atoms with van der Waals surface area (Å²) in [5.41, 5.74) is 2.39. The molecule has 1 aliphatic heterocycles. The van der Waals surface area contributed by atoms with Crippen LogP contribution in [0, 0.1) is 6.92 Å². The summed E-state index contributed by atoms with van der Waals surface area (Å²) >= 11 is 5.83. The fourth-order valence-corrected chi connectivity index (χ4v) is 2.51. The highest BCUT2D eigenvalue weighted by Gasteiger charge is 2.10. The molecule has 17 heavy (non-hydrogen) atoms. The molecule has 0 amide bonds. The SMILES string of the molecule is Cc1cc(OCCN2CCCC2)ccc1CCl. The first kappa shape index (κ1) is 12.7. The Kier molecular flexibility index (Phi) is 4.69. The van der Waals surface area contributed by atoms with E-state index in [4.69, 9.17) is 16.3 Å². The van der Waals surface area contributed by atoms with Gasteiger partial charge >= 0.3 is 0 Å². The molecule has 0 atom stereocenters. The van der Waals surface area contributed by atoms with E-state index in [1.54, 1.807) is 0 Å². The number of ether oxygens (including phenoxy) is 1. The number of alkyl halides is 1. The van der Waals surface area contributed by atoms with Crippen LogP contribution in [0.15, 0.2) is 18.2 Å². The maximum Gasteiger partial charge on any atom is 0.119 e. The predicted molar refractivity (Wildman–Crippen MR) is 71.9 cm³/mol. The van der Waals surface area contributed by atoms with Crippen molar-refractivity contribution in [2.45, 2.75) is 25.6 Å².